The van der Waals surface area contributed by atoms with E-state index in [0.29, 0.717) is 13.1 Å². The quantitative estimate of drug-likeness (QED) is 0.729. The molecule has 2 aromatic carbocycles. The molecule has 0 radical (unpaired) electrons. The minimum Gasteiger partial charge on any atom is -0.348 e. The van der Waals surface area contributed by atoms with Crippen LogP contribution in [0, 0.1) is 0 Å². The predicted molar refractivity (Wildman–Crippen MR) is 103 cm³/mol. The third kappa shape index (κ3) is 4.23. The van der Waals surface area contributed by atoms with Crippen molar-refractivity contribution in [2.75, 3.05) is 13.1 Å². The molecule has 6 heteroatoms. The maximum Gasteiger partial charge on any atom is 0.251 e. The van der Waals surface area contributed by atoms with Crippen molar-refractivity contribution in [1.29, 1.82) is 0 Å². The third-order valence-corrected chi connectivity index (χ3v) is 4.97. The second-order valence-electron chi connectivity index (χ2n) is 6.78. The lowest BCUT2D eigenvalue weighted by atomic mass is 9.99. The lowest BCUT2D eigenvalue weighted by Gasteiger charge is -2.12. The van der Waals surface area contributed by atoms with Crippen molar-refractivity contribution in [3.8, 4) is 0 Å². The molecule has 1 aliphatic rings. The number of amides is 1. The molecule has 1 aromatic heterocycles. The van der Waals surface area contributed by atoms with Gasteiger partial charge < -0.3 is 10.6 Å². The second kappa shape index (κ2) is 8.14. The molecular formula is C21H23N5O. The molecule has 4 rings (SSSR count). The van der Waals surface area contributed by atoms with Crippen molar-refractivity contribution in [2.24, 2.45) is 0 Å². The van der Waals surface area contributed by atoms with Crippen molar-refractivity contribution in [2.45, 2.75) is 25.9 Å². The molecule has 0 unspecified atom stereocenters. The van der Waals surface area contributed by atoms with Gasteiger partial charge in [0, 0.05) is 12.1 Å². The molecule has 0 bridgehead atoms. The maximum absolute atomic E-state index is 12.7. The fourth-order valence-corrected chi connectivity index (χ4v) is 3.47. The van der Waals surface area contributed by atoms with Gasteiger partial charge in [0.2, 0.25) is 0 Å². The minimum absolute atomic E-state index is 0.0365. The molecule has 1 aliphatic heterocycles. The van der Waals surface area contributed by atoms with Crippen LogP contribution < -0.4 is 10.6 Å². The van der Waals surface area contributed by atoms with E-state index in [-0.39, 0.29) is 5.91 Å². The molecule has 2 heterocycles. The Bertz CT molecular complexity index is 920. The van der Waals surface area contributed by atoms with Gasteiger partial charge in [-0.05, 0) is 60.3 Å². The average Bonchev–Trinajstić information content (AvgIpc) is 3.09. The zero-order valence-electron chi connectivity index (χ0n) is 15.2. The van der Waals surface area contributed by atoms with E-state index in [4.69, 9.17) is 0 Å². The van der Waals surface area contributed by atoms with Crippen LogP contribution in [0.1, 0.15) is 32.6 Å². The number of carbonyl (C=O) groups is 1. The Labute approximate surface area is 158 Å². The first-order valence-corrected chi connectivity index (χ1v) is 9.29. The largest absolute Gasteiger partial charge is 0.348 e. The highest BCUT2D eigenvalue weighted by Crippen LogP contribution is 2.16. The van der Waals surface area contributed by atoms with Crippen molar-refractivity contribution >= 4 is 5.91 Å². The molecule has 0 saturated carbocycles. The van der Waals surface area contributed by atoms with Gasteiger partial charge in [-0.2, -0.15) is 5.10 Å². The fourth-order valence-electron chi connectivity index (χ4n) is 3.47. The van der Waals surface area contributed by atoms with E-state index in [1.807, 2.05) is 30.3 Å². The van der Waals surface area contributed by atoms with E-state index >= 15 is 0 Å². The van der Waals surface area contributed by atoms with Gasteiger partial charge in [0.05, 0.1) is 6.54 Å². The number of nitrogens with one attached hydrogen (secondary N) is 2. The fraction of sp³-hybridized carbons (Fsp3) is 0.286. The summed E-state index contributed by atoms with van der Waals surface area (Å²) in [6.07, 6.45) is 5.21. The van der Waals surface area contributed by atoms with Crippen molar-refractivity contribution in [3.05, 3.63) is 82.9 Å². The molecule has 27 heavy (non-hydrogen) atoms. The van der Waals surface area contributed by atoms with E-state index in [0.717, 1.165) is 42.6 Å². The van der Waals surface area contributed by atoms with Crippen LogP contribution >= 0.6 is 0 Å². The number of hydrogen-bond acceptors (Lipinski definition) is 4. The van der Waals surface area contributed by atoms with Crippen LogP contribution in [0.15, 0.2) is 55.1 Å². The zero-order valence-corrected chi connectivity index (χ0v) is 15.2. The van der Waals surface area contributed by atoms with Gasteiger partial charge in [0.15, 0.2) is 0 Å². The Morgan fingerprint density at radius 1 is 1.07 bits per heavy atom. The van der Waals surface area contributed by atoms with Gasteiger partial charge in [-0.25, -0.2) is 9.67 Å². The second-order valence-corrected chi connectivity index (χ2v) is 6.78. The normalized spacial score (nSPS) is 13.6. The van der Waals surface area contributed by atoms with E-state index in [1.54, 1.807) is 11.0 Å². The van der Waals surface area contributed by atoms with Crippen LogP contribution in [0.4, 0.5) is 0 Å². The maximum atomic E-state index is 12.7. The number of benzene rings is 2. The molecule has 1 amide bonds. The van der Waals surface area contributed by atoms with Crippen LogP contribution in [-0.2, 0) is 25.9 Å². The first-order chi connectivity index (χ1) is 13.3. The topological polar surface area (TPSA) is 71.8 Å². The number of aromatic nitrogens is 3. The zero-order chi connectivity index (χ0) is 18.5. The molecule has 0 spiro atoms. The van der Waals surface area contributed by atoms with Crippen molar-refractivity contribution in [3.63, 3.8) is 0 Å². The van der Waals surface area contributed by atoms with Crippen LogP contribution in [0.25, 0.3) is 0 Å². The van der Waals surface area contributed by atoms with Gasteiger partial charge in [0.1, 0.15) is 12.7 Å². The Balaban J connectivity index is 1.45. The van der Waals surface area contributed by atoms with Gasteiger partial charge in [-0.15, -0.1) is 0 Å². The third-order valence-electron chi connectivity index (χ3n) is 4.97. The molecule has 0 fully saturated rings. The summed E-state index contributed by atoms with van der Waals surface area (Å²) in [4.78, 5) is 16.6. The average molecular weight is 361 g/mol. The summed E-state index contributed by atoms with van der Waals surface area (Å²) in [6, 6.07) is 14.1. The van der Waals surface area contributed by atoms with Gasteiger partial charge in [-0.3, -0.25) is 4.79 Å². The van der Waals surface area contributed by atoms with E-state index in [2.05, 4.69) is 32.8 Å². The molecule has 0 aliphatic carbocycles. The van der Waals surface area contributed by atoms with Crippen LogP contribution in [0.3, 0.4) is 0 Å². The molecule has 6 nitrogen and oxygen atoms in total. The summed E-state index contributed by atoms with van der Waals surface area (Å²) >= 11 is 0. The molecule has 0 saturated heterocycles. The summed E-state index contributed by atoms with van der Waals surface area (Å²) in [6.45, 7) is 3.09. The Morgan fingerprint density at radius 3 is 2.70 bits per heavy atom. The van der Waals surface area contributed by atoms with Crippen molar-refractivity contribution in [1.82, 2.24) is 25.4 Å². The first kappa shape index (κ1) is 17.4. The smallest absolute Gasteiger partial charge is 0.251 e. The lowest BCUT2D eigenvalue weighted by Crippen LogP contribution is -2.24. The van der Waals surface area contributed by atoms with E-state index < -0.39 is 0 Å². The number of nitrogens with zero attached hydrogens (tertiary/aromatic N) is 3. The van der Waals surface area contributed by atoms with Gasteiger partial charge in [-0.1, -0.05) is 30.3 Å². The van der Waals surface area contributed by atoms with Crippen LogP contribution in [0.5, 0.6) is 0 Å². The standard InChI is InChI=1S/C21H23N5O/c27-21(18-6-5-16-7-9-22-10-8-17(16)11-18)24-12-19-3-1-2-4-20(19)13-26-15-23-14-25-26/h1-6,11,14-15,22H,7-10,12-13H2,(H,24,27). The molecule has 2 N–H and O–H groups in total. The highest BCUT2D eigenvalue weighted by Gasteiger charge is 2.12. The molecule has 138 valence electrons. The van der Waals surface area contributed by atoms with E-state index in [1.165, 1.54) is 17.5 Å². The summed E-state index contributed by atoms with van der Waals surface area (Å²) < 4.78 is 1.78. The monoisotopic (exact) mass is 361 g/mol. The van der Waals surface area contributed by atoms with Crippen LogP contribution in [0.2, 0.25) is 0 Å². The summed E-state index contributed by atoms with van der Waals surface area (Å²) in [5.41, 5.74) is 5.55. The number of fused-ring (bicyclic) bond motifs is 1. The number of carbonyl (C=O) groups excluding carboxylic acids is 1. The minimum atomic E-state index is -0.0365. The first-order valence-electron chi connectivity index (χ1n) is 9.29. The summed E-state index contributed by atoms with van der Waals surface area (Å²) in [7, 11) is 0. The Hall–Kier alpha value is -2.99. The van der Waals surface area contributed by atoms with Crippen LogP contribution in [-0.4, -0.2) is 33.8 Å². The highest BCUT2D eigenvalue weighted by molar-refractivity contribution is 5.94. The Morgan fingerprint density at radius 2 is 1.89 bits per heavy atom. The highest BCUT2D eigenvalue weighted by atomic mass is 16.1. The number of hydrogen-bond donors (Lipinski definition) is 2. The lowest BCUT2D eigenvalue weighted by molar-refractivity contribution is 0.0950. The van der Waals surface area contributed by atoms with Gasteiger partial charge in [0.25, 0.3) is 5.91 Å². The van der Waals surface area contributed by atoms with Gasteiger partial charge >= 0.3 is 0 Å². The molecule has 3 aromatic rings. The summed E-state index contributed by atoms with van der Waals surface area (Å²) in [5.74, 6) is -0.0365. The SMILES string of the molecule is O=C(NCc1ccccc1Cn1cncn1)c1ccc2c(c1)CCNCC2. The summed E-state index contributed by atoms with van der Waals surface area (Å²) in [5, 5.41) is 10.6. The number of rotatable bonds is 5. The van der Waals surface area contributed by atoms with E-state index in [9.17, 15) is 4.79 Å². The molecule has 0 atom stereocenters. The molecular weight excluding hydrogens is 338 g/mol. The predicted octanol–water partition coefficient (Wildman–Crippen LogP) is 1.94. The Kier molecular flexibility index (Phi) is 5.25. The van der Waals surface area contributed by atoms with Crippen molar-refractivity contribution < 1.29 is 4.79 Å².